The lowest BCUT2D eigenvalue weighted by atomic mass is 10.0. The SMILES string of the molecule is CC(C)c1ccc(-c2nnc(C3CC3)o2)cc1. The Labute approximate surface area is 101 Å². The first-order chi connectivity index (χ1) is 8.24. The van der Waals surface area contributed by atoms with Crippen molar-refractivity contribution in [1.82, 2.24) is 10.2 Å². The Kier molecular flexibility index (Phi) is 2.46. The van der Waals surface area contributed by atoms with Crippen molar-refractivity contribution in [1.29, 1.82) is 0 Å². The lowest BCUT2D eigenvalue weighted by Crippen LogP contribution is -1.86. The highest BCUT2D eigenvalue weighted by atomic mass is 16.4. The second kappa shape index (κ2) is 3.99. The number of aromatic nitrogens is 2. The molecule has 0 amide bonds. The monoisotopic (exact) mass is 228 g/mol. The maximum absolute atomic E-state index is 5.67. The van der Waals surface area contributed by atoms with E-state index in [1.165, 1.54) is 18.4 Å². The average molecular weight is 228 g/mol. The molecule has 1 saturated carbocycles. The number of benzene rings is 1. The summed E-state index contributed by atoms with van der Waals surface area (Å²) in [5.74, 6) is 2.51. The van der Waals surface area contributed by atoms with E-state index < -0.39 is 0 Å². The first-order valence-electron chi connectivity index (χ1n) is 6.18. The third-order valence-electron chi connectivity index (χ3n) is 3.19. The normalized spacial score (nSPS) is 15.5. The van der Waals surface area contributed by atoms with Gasteiger partial charge in [0.25, 0.3) is 0 Å². The molecule has 1 aliphatic rings. The molecule has 0 spiro atoms. The quantitative estimate of drug-likeness (QED) is 0.803. The van der Waals surface area contributed by atoms with Crippen molar-refractivity contribution >= 4 is 0 Å². The van der Waals surface area contributed by atoms with Crippen LogP contribution in [0.3, 0.4) is 0 Å². The molecule has 17 heavy (non-hydrogen) atoms. The van der Waals surface area contributed by atoms with Crippen LogP contribution >= 0.6 is 0 Å². The molecule has 1 aromatic heterocycles. The Balaban J connectivity index is 1.86. The lowest BCUT2D eigenvalue weighted by molar-refractivity contribution is 0.508. The highest BCUT2D eigenvalue weighted by molar-refractivity contribution is 5.53. The predicted octanol–water partition coefficient (Wildman–Crippen LogP) is 3.74. The summed E-state index contributed by atoms with van der Waals surface area (Å²) in [5.41, 5.74) is 2.34. The molecule has 1 aromatic carbocycles. The van der Waals surface area contributed by atoms with E-state index in [1.54, 1.807) is 0 Å². The maximum Gasteiger partial charge on any atom is 0.247 e. The predicted molar refractivity (Wildman–Crippen MR) is 65.8 cm³/mol. The summed E-state index contributed by atoms with van der Waals surface area (Å²) < 4.78 is 5.67. The van der Waals surface area contributed by atoms with E-state index >= 15 is 0 Å². The molecule has 0 unspecified atom stereocenters. The van der Waals surface area contributed by atoms with Gasteiger partial charge < -0.3 is 4.42 Å². The Morgan fingerprint density at radius 1 is 1.12 bits per heavy atom. The Hall–Kier alpha value is -1.64. The van der Waals surface area contributed by atoms with E-state index in [0.29, 0.717) is 17.7 Å². The third kappa shape index (κ3) is 2.09. The second-order valence-electron chi connectivity index (χ2n) is 5.00. The van der Waals surface area contributed by atoms with Crippen molar-refractivity contribution in [3.8, 4) is 11.5 Å². The van der Waals surface area contributed by atoms with E-state index in [2.05, 4.69) is 48.3 Å². The molecular formula is C14H16N2O. The zero-order valence-electron chi connectivity index (χ0n) is 10.2. The first-order valence-corrected chi connectivity index (χ1v) is 6.18. The summed E-state index contributed by atoms with van der Waals surface area (Å²) in [4.78, 5) is 0. The zero-order valence-corrected chi connectivity index (χ0v) is 10.2. The van der Waals surface area contributed by atoms with Crippen molar-refractivity contribution in [2.45, 2.75) is 38.5 Å². The molecule has 0 saturated heterocycles. The van der Waals surface area contributed by atoms with Crippen molar-refractivity contribution in [2.75, 3.05) is 0 Å². The van der Waals surface area contributed by atoms with Crippen LogP contribution in [0.15, 0.2) is 28.7 Å². The summed E-state index contributed by atoms with van der Waals surface area (Å²) in [6, 6.07) is 8.36. The molecule has 1 heterocycles. The van der Waals surface area contributed by atoms with E-state index in [0.717, 1.165) is 11.5 Å². The van der Waals surface area contributed by atoms with Gasteiger partial charge in [-0.05, 0) is 36.5 Å². The largest absolute Gasteiger partial charge is 0.420 e. The molecular weight excluding hydrogens is 212 g/mol. The Bertz CT molecular complexity index is 509. The van der Waals surface area contributed by atoms with Gasteiger partial charge in [-0.3, -0.25) is 0 Å². The number of nitrogens with zero attached hydrogens (tertiary/aromatic N) is 2. The highest BCUT2D eigenvalue weighted by Crippen LogP contribution is 2.39. The van der Waals surface area contributed by atoms with E-state index in [-0.39, 0.29) is 0 Å². The minimum atomic E-state index is 0.520. The van der Waals surface area contributed by atoms with E-state index in [4.69, 9.17) is 4.42 Å². The molecule has 3 rings (SSSR count). The standard InChI is InChI=1S/C14H16N2O/c1-9(2)10-3-5-11(6-4-10)13-15-16-14(17-13)12-7-8-12/h3-6,9,12H,7-8H2,1-2H3. The topological polar surface area (TPSA) is 38.9 Å². The van der Waals surface area contributed by atoms with Gasteiger partial charge in [0.1, 0.15) is 0 Å². The minimum Gasteiger partial charge on any atom is -0.420 e. The van der Waals surface area contributed by atoms with Crippen LogP contribution in [-0.2, 0) is 0 Å². The van der Waals surface area contributed by atoms with Gasteiger partial charge in [-0.25, -0.2) is 0 Å². The van der Waals surface area contributed by atoms with Crippen molar-refractivity contribution in [3.63, 3.8) is 0 Å². The van der Waals surface area contributed by atoms with Crippen molar-refractivity contribution < 1.29 is 4.42 Å². The maximum atomic E-state index is 5.67. The summed E-state index contributed by atoms with van der Waals surface area (Å²) >= 11 is 0. The van der Waals surface area contributed by atoms with Crippen LogP contribution < -0.4 is 0 Å². The molecule has 2 aromatic rings. The fraction of sp³-hybridized carbons (Fsp3) is 0.429. The van der Waals surface area contributed by atoms with E-state index in [1.807, 2.05) is 0 Å². The molecule has 0 aliphatic heterocycles. The molecule has 1 fully saturated rings. The Morgan fingerprint density at radius 3 is 2.41 bits per heavy atom. The van der Waals surface area contributed by atoms with Gasteiger partial charge in [-0.2, -0.15) is 0 Å². The smallest absolute Gasteiger partial charge is 0.247 e. The molecule has 3 nitrogen and oxygen atoms in total. The van der Waals surface area contributed by atoms with Crippen LogP contribution in [0.1, 0.15) is 50.0 Å². The molecule has 0 bridgehead atoms. The van der Waals surface area contributed by atoms with Gasteiger partial charge in [0.2, 0.25) is 11.8 Å². The van der Waals surface area contributed by atoms with Gasteiger partial charge in [0.05, 0.1) is 0 Å². The highest BCUT2D eigenvalue weighted by Gasteiger charge is 2.29. The van der Waals surface area contributed by atoms with Crippen LogP contribution in [0.25, 0.3) is 11.5 Å². The van der Waals surface area contributed by atoms with Crippen LogP contribution in [0.5, 0.6) is 0 Å². The van der Waals surface area contributed by atoms with E-state index in [9.17, 15) is 0 Å². The fourth-order valence-corrected chi connectivity index (χ4v) is 1.86. The minimum absolute atomic E-state index is 0.520. The van der Waals surface area contributed by atoms with Crippen LogP contribution in [0, 0.1) is 0 Å². The molecule has 0 atom stereocenters. The second-order valence-corrected chi connectivity index (χ2v) is 5.00. The lowest BCUT2D eigenvalue weighted by Gasteiger charge is -2.04. The Morgan fingerprint density at radius 2 is 1.82 bits per heavy atom. The zero-order chi connectivity index (χ0) is 11.8. The fourth-order valence-electron chi connectivity index (χ4n) is 1.86. The van der Waals surface area contributed by atoms with Crippen LogP contribution in [-0.4, -0.2) is 10.2 Å². The molecule has 1 aliphatic carbocycles. The summed E-state index contributed by atoms with van der Waals surface area (Å²) in [5, 5.41) is 8.20. The van der Waals surface area contributed by atoms with Gasteiger partial charge in [-0.15, -0.1) is 10.2 Å². The van der Waals surface area contributed by atoms with Gasteiger partial charge in [0.15, 0.2) is 0 Å². The molecule has 88 valence electrons. The number of rotatable bonds is 3. The van der Waals surface area contributed by atoms with Crippen LogP contribution in [0.2, 0.25) is 0 Å². The van der Waals surface area contributed by atoms with Crippen molar-refractivity contribution in [3.05, 3.63) is 35.7 Å². The molecule has 0 radical (unpaired) electrons. The number of hydrogen-bond donors (Lipinski definition) is 0. The first kappa shape index (κ1) is 10.5. The molecule has 3 heteroatoms. The number of hydrogen-bond acceptors (Lipinski definition) is 3. The molecule has 0 N–H and O–H groups in total. The summed E-state index contributed by atoms with van der Waals surface area (Å²) in [6.45, 7) is 4.37. The third-order valence-corrected chi connectivity index (χ3v) is 3.19. The summed E-state index contributed by atoms with van der Waals surface area (Å²) in [6.07, 6.45) is 2.38. The van der Waals surface area contributed by atoms with Crippen LogP contribution in [0.4, 0.5) is 0 Å². The van der Waals surface area contributed by atoms with Gasteiger partial charge >= 0.3 is 0 Å². The summed E-state index contributed by atoms with van der Waals surface area (Å²) in [7, 11) is 0. The van der Waals surface area contributed by atoms with Crippen molar-refractivity contribution in [2.24, 2.45) is 0 Å². The van der Waals surface area contributed by atoms with Gasteiger partial charge in [-0.1, -0.05) is 26.0 Å². The van der Waals surface area contributed by atoms with Gasteiger partial charge in [0, 0.05) is 11.5 Å². The average Bonchev–Trinajstić information content (AvgIpc) is 3.07.